The van der Waals surface area contributed by atoms with Crippen molar-refractivity contribution in [3.05, 3.63) is 35.1 Å². The number of aryl methyl sites for hydroxylation is 1. The number of nitrogens with one attached hydrogen (secondary N) is 2. The molecule has 2 N–H and O–H groups in total. The third kappa shape index (κ3) is 5.47. The Morgan fingerprint density at radius 3 is 3.00 bits per heavy atom. The average molecular weight is 379 g/mol. The molecule has 1 aliphatic rings. The minimum atomic E-state index is -0.294. The lowest BCUT2D eigenvalue weighted by atomic mass is 10.0. The van der Waals surface area contributed by atoms with E-state index in [9.17, 15) is 4.79 Å². The molecule has 1 aromatic heterocycles. The molecule has 1 unspecified atom stereocenters. The number of H-pyrrole nitrogens is 1. The predicted molar refractivity (Wildman–Crippen MR) is 102 cm³/mol. The van der Waals surface area contributed by atoms with Crippen molar-refractivity contribution in [1.82, 2.24) is 15.2 Å². The van der Waals surface area contributed by atoms with Crippen molar-refractivity contribution in [2.24, 2.45) is 5.92 Å². The molecule has 1 heterocycles. The fourth-order valence-corrected chi connectivity index (χ4v) is 4.04. The van der Waals surface area contributed by atoms with Gasteiger partial charge in [-0.25, -0.2) is 4.98 Å². The second kappa shape index (κ2) is 8.72. The number of aromatic nitrogens is 3. The first-order valence-electron chi connectivity index (χ1n) is 8.74. The van der Waals surface area contributed by atoms with Gasteiger partial charge in [0.1, 0.15) is 5.82 Å². The van der Waals surface area contributed by atoms with E-state index in [0.29, 0.717) is 15.9 Å². The molecule has 2 aromatic rings. The Labute approximate surface area is 157 Å². The Hall–Kier alpha value is -1.53. The normalized spacial score (nSPS) is 16.1. The van der Waals surface area contributed by atoms with E-state index in [-0.39, 0.29) is 11.2 Å². The molecular weight excluding hydrogens is 356 g/mol. The Kier molecular flexibility index (Phi) is 6.37. The van der Waals surface area contributed by atoms with Crippen molar-refractivity contribution in [3.63, 3.8) is 0 Å². The summed E-state index contributed by atoms with van der Waals surface area (Å²) in [5, 5.41) is 11.0. The van der Waals surface area contributed by atoms with Crippen LogP contribution in [0.4, 0.5) is 5.69 Å². The largest absolute Gasteiger partial charge is 0.325 e. The second-order valence-electron chi connectivity index (χ2n) is 6.51. The summed E-state index contributed by atoms with van der Waals surface area (Å²) in [4.78, 5) is 16.8. The number of hydrogen-bond donors (Lipinski definition) is 2. The van der Waals surface area contributed by atoms with Crippen LogP contribution in [0.5, 0.6) is 0 Å². The van der Waals surface area contributed by atoms with Crippen LogP contribution in [0.25, 0.3) is 0 Å². The van der Waals surface area contributed by atoms with Gasteiger partial charge in [0.05, 0.1) is 5.25 Å². The maximum atomic E-state index is 12.3. The molecule has 1 atom stereocenters. The number of carbonyl (C=O) groups is 1. The summed E-state index contributed by atoms with van der Waals surface area (Å²) in [6.45, 7) is 1.85. The first-order valence-corrected chi connectivity index (χ1v) is 10.0. The Morgan fingerprint density at radius 1 is 1.44 bits per heavy atom. The molecule has 0 saturated heterocycles. The highest BCUT2D eigenvalue weighted by molar-refractivity contribution is 8.00. The van der Waals surface area contributed by atoms with Crippen LogP contribution in [0.1, 0.15) is 44.9 Å². The van der Waals surface area contributed by atoms with Gasteiger partial charge in [0.25, 0.3) is 0 Å². The van der Waals surface area contributed by atoms with Gasteiger partial charge in [-0.3, -0.25) is 9.89 Å². The Bertz CT molecular complexity index is 715. The minimum absolute atomic E-state index is 0.0930. The lowest BCUT2D eigenvalue weighted by Crippen LogP contribution is -2.22. The molecule has 1 amide bonds. The molecule has 1 saturated carbocycles. The number of aromatic amines is 1. The average Bonchev–Trinajstić information content (AvgIpc) is 3.24. The van der Waals surface area contributed by atoms with E-state index in [1.54, 1.807) is 12.1 Å². The predicted octanol–water partition coefficient (Wildman–Crippen LogP) is 4.70. The van der Waals surface area contributed by atoms with Crippen LogP contribution < -0.4 is 5.32 Å². The SMILES string of the molecule is CC(Sc1n[nH]c(CCC2CCCC2)n1)C(=O)Nc1cccc(Cl)c1. The van der Waals surface area contributed by atoms with Gasteiger partial charge in [-0.15, -0.1) is 5.10 Å². The van der Waals surface area contributed by atoms with E-state index in [1.165, 1.54) is 43.9 Å². The maximum Gasteiger partial charge on any atom is 0.237 e. The molecule has 1 aromatic carbocycles. The molecule has 0 spiro atoms. The van der Waals surface area contributed by atoms with Crippen LogP contribution in [-0.2, 0) is 11.2 Å². The van der Waals surface area contributed by atoms with Crippen LogP contribution >= 0.6 is 23.4 Å². The zero-order valence-electron chi connectivity index (χ0n) is 14.3. The van der Waals surface area contributed by atoms with Crippen LogP contribution in [0.2, 0.25) is 5.02 Å². The molecule has 3 rings (SSSR count). The molecule has 0 aliphatic heterocycles. The molecule has 0 bridgehead atoms. The van der Waals surface area contributed by atoms with Gasteiger partial charge < -0.3 is 5.32 Å². The van der Waals surface area contributed by atoms with E-state index in [4.69, 9.17) is 11.6 Å². The molecule has 134 valence electrons. The van der Waals surface area contributed by atoms with Crippen molar-refractivity contribution in [2.75, 3.05) is 5.32 Å². The van der Waals surface area contributed by atoms with E-state index < -0.39 is 0 Å². The number of amides is 1. The summed E-state index contributed by atoms with van der Waals surface area (Å²) < 4.78 is 0. The number of thioether (sulfide) groups is 1. The lowest BCUT2D eigenvalue weighted by Gasteiger charge is -2.10. The van der Waals surface area contributed by atoms with Gasteiger partial charge in [0, 0.05) is 17.1 Å². The van der Waals surface area contributed by atoms with Crippen LogP contribution in [0, 0.1) is 5.92 Å². The van der Waals surface area contributed by atoms with Gasteiger partial charge in [0.2, 0.25) is 11.1 Å². The topological polar surface area (TPSA) is 70.7 Å². The van der Waals surface area contributed by atoms with Crippen molar-refractivity contribution >= 4 is 35.0 Å². The Morgan fingerprint density at radius 2 is 2.24 bits per heavy atom. The smallest absolute Gasteiger partial charge is 0.237 e. The van der Waals surface area contributed by atoms with Gasteiger partial charge in [0.15, 0.2) is 0 Å². The first kappa shape index (κ1) is 18.3. The summed E-state index contributed by atoms with van der Waals surface area (Å²) >= 11 is 7.29. The lowest BCUT2D eigenvalue weighted by molar-refractivity contribution is -0.115. The zero-order valence-corrected chi connectivity index (χ0v) is 15.9. The van der Waals surface area contributed by atoms with Crippen LogP contribution in [0.15, 0.2) is 29.4 Å². The second-order valence-corrected chi connectivity index (χ2v) is 8.26. The monoisotopic (exact) mass is 378 g/mol. The van der Waals surface area contributed by atoms with Crippen molar-refractivity contribution in [3.8, 4) is 0 Å². The fourth-order valence-electron chi connectivity index (χ4n) is 3.10. The first-order chi connectivity index (χ1) is 12.1. The highest BCUT2D eigenvalue weighted by Crippen LogP contribution is 2.28. The van der Waals surface area contributed by atoms with Crippen LogP contribution in [-0.4, -0.2) is 26.3 Å². The summed E-state index contributed by atoms with van der Waals surface area (Å²) in [6.07, 6.45) is 7.52. The molecule has 25 heavy (non-hydrogen) atoms. The van der Waals surface area contributed by atoms with Crippen LogP contribution in [0.3, 0.4) is 0 Å². The van der Waals surface area contributed by atoms with E-state index in [0.717, 1.165) is 18.2 Å². The number of halogens is 1. The van der Waals surface area contributed by atoms with E-state index in [1.807, 2.05) is 19.1 Å². The maximum absolute atomic E-state index is 12.3. The third-order valence-corrected chi connectivity index (χ3v) is 5.72. The minimum Gasteiger partial charge on any atom is -0.325 e. The van der Waals surface area contributed by atoms with Gasteiger partial charge in [-0.2, -0.15) is 0 Å². The number of anilines is 1. The molecule has 1 fully saturated rings. The number of benzene rings is 1. The van der Waals surface area contributed by atoms with Crippen molar-refractivity contribution < 1.29 is 4.79 Å². The van der Waals surface area contributed by atoms with Crippen molar-refractivity contribution in [1.29, 1.82) is 0 Å². The molecule has 5 nitrogen and oxygen atoms in total. The molecular formula is C18H23ClN4OS. The highest BCUT2D eigenvalue weighted by Gasteiger charge is 2.19. The van der Waals surface area contributed by atoms with E-state index >= 15 is 0 Å². The standard InChI is InChI=1S/C18H23ClN4OS/c1-12(17(24)20-15-8-4-7-14(19)11-15)25-18-21-16(22-23-18)10-9-13-5-2-3-6-13/h4,7-8,11-13H,2-3,5-6,9-10H2,1H3,(H,20,24)(H,21,22,23). The van der Waals surface area contributed by atoms with Gasteiger partial charge in [-0.1, -0.05) is 55.1 Å². The molecule has 1 aliphatic carbocycles. The highest BCUT2D eigenvalue weighted by atomic mass is 35.5. The number of nitrogens with zero attached hydrogens (tertiary/aromatic N) is 2. The summed E-state index contributed by atoms with van der Waals surface area (Å²) in [7, 11) is 0. The fraction of sp³-hybridized carbons (Fsp3) is 0.500. The quantitative estimate of drug-likeness (QED) is 0.685. The van der Waals surface area contributed by atoms with Crippen molar-refractivity contribution in [2.45, 2.75) is 55.9 Å². The molecule has 7 heteroatoms. The Balaban J connectivity index is 1.48. The summed E-state index contributed by atoms with van der Waals surface area (Å²) in [6, 6.07) is 7.12. The molecule has 0 radical (unpaired) electrons. The number of carbonyl (C=O) groups excluding carboxylic acids is 1. The zero-order chi connectivity index (χ0) is 17.6. The van der Waals surface area contributed by atoms with Gasteiger partial charge >= 0.3 is 0 Å². The third-order valence-electron chi connectivity index (χ3n) is 4.52. The number of rotatable bonds is 7. The van der Waals surface area contributed by atoms with E-state index in [2.05, 4.69) is 20.5 Å². The summed E-state index contributed by atoms with van der Waals surface area (Å²) in [5.41, 5.74) is 0.692. The van der Waals surface area contributed by atoms with Gasteiger partial charge in [-0.05, 0) is 37.5 Å². The summed E-state index contributed by atoms with van der Waals surface area (Å²) in [5.74, 6) is 1.66. The number of hydrogen-bond acceptors (Lipinski definition) is 4.